The molecular weight excluding hydrogens is 188 g/mol. The smallest absolute Gasteiger partial charge is 0.321 e. The summed E-state index contributed by atoms with van der Waals surface area (Å²) in [5.74, 6) is -2.34. The molecule has 5 N–H and O–H groups in total. The Balaban J connectivity index is 4.11. The number of hydrogen-bond acceptors (Lipinski definition) is 4. The maximum absolute atomic E-state index is 10.6. The van der Waals surface area contributed by atoms with Crippen LogP contribution in [0.2, 0.25) is 0 Å². The van der Waals surface area contributed by atoms with Crippen LogP contribution in [-0.4, -0.2) is 40.3 Å². The molecule has 0 heterocycles. The number of nitrogens with two attached hydrogens (primary N) is 1. The van der Waals surface area contributed by atoms with Crippen molar-refractivity contribution in [2.45, 2.75) is 31.8 Å². The minimum atomic E-state index is -1.18. The van der Waals surface area contributed by atoms with E-state index >= 15 is 0 Å². The summed E-state index contributed by atoms with van der Waals surface area (Å²) >= 11 is 0. The molecule has 1 atom stereocenters. The second-order valence-corrected chi connectivity index (χ2v) is 3.86. The number of nitrogens with one attached hydrogen (secondary N) is 1. The molecular formula is C8H16N2O4. The van der Waals surface area contributed by atoms with Crippen LogP contribution in [0.25, 0.3) is 0 Å². The van der Waals surface area contributed by atoms with Gasteiger partial charge in [0.05, 0.1) is 6.42 Å². The third kappa shape index (κ3) is 6.38. The molecule has 0 saturated heterocycles. The maximum atomic E-state index is 10.6. The van der Waals surface area contributed by atoms with Crippen LogP contribution < -0.4 is 11.1 Å². The quantitative estimate of drug-likeness (QED) is 0.452. The van der Waals surface area contributed by atoms with Gasteiger partial charge in [0.1, 0.15) is 6.04 Å². The zero-order valence-corrected chi connectivity index (χ0v) is 8.28. The van der Waals surface area contributed by atoms with Gasteiger partial charge in [-0.25, -0.2) is 0 Å². The van der Waals surface area contributed by atoms with Gasteiger partial charge in [0.2, 0.25) is 0 Å². The van der Waals surface area contributed by atoms with E-state index < -0.39 is 29.9 Å². The highest BCUT2D eigenvalue weighted by Crippen LogP contribution is 1.97. The van der Waals surface area contributed by atoms with Gasteiger partial charge < -0.3 is 21.3 Å². The summed E-state index contributed by atoms with van der Waals surface area (Å²) in [6, 6.07) is -1.09. The van der Waals surface area contributed by atoms with E-state index in [4.69, 9.17) is 15.9 Å². The van der Waals surface area contributed by atoms with Gasteiger partial charge in [0.25, 0.3) is 0 Å². The van der Waals surface area contributed by atoms with Crippen molar-refractivity contribution in [3.63, 3.8) is 0 Å². The third-order valence-corrected chi connectivity index (χ3v) is 1.48. The van der Waals surface area contributed by atoms with Crippen LogP contribution in [0.1, 0.15) is 20.3 Å². The van der Waals surface area contributed by atoms with Crippen molar-refractivity contribution in [1.82, 2.24) is 5.32 Å². The van der Waals surface area contributed by atoms with Gasteiger partial charge in [0.15, 0.2) is 0 Å². The van der Waals surface area contributed by atoms with Crippen LogP contribution in [0, 0.1) is 0 Å². The number of aliphatic carboxylic acids is 2. The Bertz CT molecular complexity index is 222. The van der Waals surface area contributed by atoms with E-state index in [1.165, 1.54) is 0 Å². The first-order valence-corrected chi connectivity index (χ1v) is 4.19. The fraction of sp³-hybridized carbons (Fsp3) is 0.750. The summed E-state index contributed by atoms with van der Waals surface area (Å²) in [6.07, 6.45) is -0.453. The highest BCUT2D eigenvalue weighted by molar-refractivity contribution is 5.80. The van der Waals surface area contributed by atoms with Crippen LogP contribution in [0.3, 0.4) is 0 Å². The topological polar surface area (TPSA) is 113 Å². The molecule has 6 nitrogen and oxygen atoms in total. The standard InChI is InChI=1S/C8H16N2O4/c1-8(2,9)4-10-5(7(13)14)3-6(11)12/h5,10H,3-4,9H2,1-2H3,(H,11,12)(H,13,14). The summed E-state index contributed by atoms with van der Waals surface area (Å²) in [5, 5.41) is 19.7. The monoisotopic (exact) mass is 204 g/mol. The lowest BCUT2D eigenvalue weighted by atomic mass is 10.1. The van der Waals surface area contributed by atoms with Crippen molar-refractivity contribution in [2.24, 2.45) is 5.73 Å². The van der Waals surface area contributed by atoms with E-state index in [0.717, 1.165) is 0 Å². The van der Waals surface area contributed by atoms with Crippen LogP contribution in [0.4, 0.5) is 0 Å². The van der Waals surface area contributed by atoms with Crippen molar-refractivity contribution < 1.29 is 19.8 Å². The van der Waals surface area contributed by atoms with E-state index in [0.29, 0.717) is 0 Å². The molecule has 0 spiro atoms. The molecule has 0 aromatic rings. The largest absolute Gasteiger partial charge is 0.481 e. The molecule has 0 aliphatic carbocycles. The normalized spacial score (nSPS) is 13.6. The highest BCUT2D eigenvalue weighted by atomic mass is 16.4. The lowest BCUT2D eigenvalue weighted by Gasteiger charge is -2.21. The highest BCUT2D eigenvalue weighted by Gasteiger charge is 2.22. The van der Waals surface area contributed by atoms with Crippen molar-refractivity contribution in [1.29, 1.82) is 0 Å². The molecule has 0 aliphatic heterocycles. The fourth-order valence-electron chi connectivity index (χ4n) is 0.808. The van der Waals surface area contributed by atoms with Crippen molar-refractivity contribution in [3.05, 3.63) is 0 Å². The summed E-state index contributed by atoms with van der Waals surface area (Å²) in [5.41, 5.74) is 5.05. The maximum Gasteiger partial charge on any atom is 0.321 e. The van der Waals surface area contributed by atoms with Gasteiger partial charge in [-0.2, -0.15) is 0 Å². The Kier molecular flexibility index (Phi) is 4.52. The second-order valence-electron chi connectivity index (χ2n) is 3.86. The van der Waals surface area contributed by atoms with Gasteiger partial charge in [0, 0.05) is 12.1 Å². The Labute approximate surface area is 82.1 Å². The fourth-order valence-corrected chi connectivity index (χ4v) is 0.808. The van der Waals surface area contributed by atoms with Gasteiger partial charge in [-0.05, 0) is 13.8 Å². The minimum Gasteiger partial charge on any atom is -0.481 e. The average molecular weight is 204 g/mol. The summed E-state index contributed by atoms with van der Waals surface area (Å²) in [4.78, 5) is 20.9. The molecule has 0 bridgehead atoms. The molecule has 0 aromatic carbocycles. The molecule has 14 heavy (non-hydrogen) atoms. The molecule has 0 aliphatic rings. The SMILES string of the molecule is CC(C)(N)CNC(CC(=O)O)C(=O)O. The molecule has 0 radical (unpaired) electrons. The van der Waals surface area contributed by atoms with E-state index in [2.05, 4.69) is 5.32 Å². The molecule has 82 valence electrons. The number of hydrogen-bond donors (Lipinski definition) is 4. The first-order valence-electron chi connectivity index (χ1n) is 4.19. The molecule has 1 unspecified atom stereocenters. The van der Waals surface area contributed by atoms with Crippen molar-refractivity contribution >= 4 is 11.9 Å². The number of carboxylic acids is 2. The van der Waals surface area contributed by atoms with Gasteiger partial charge in [-0.3, -0.25) is 9.59 Å². The third-order valence-electron chi connectivity index (χ3n) is 1.48. The number of carboxylic acid groups (broad SMARTS) is 2. The number of carbonyl (C=O) groups is 2. The average Bonchev–Trinajstić information content (AvgIpc) is 1.94. The lowest BCUT2D eigenvalue weighted by Crippen LogP contribution is -2.49. The van der Waals surface area contributed by atoms with Crippen molar-refractivity contribution in [3.8, 4) is 0 Å². The summed E-state index contributed by atoms with van der Waals surface area (Å²) < 4.78 is 0. The number of rotatable bonds is 6. The van der Waals surface area contributed by atoms with Gasteiger partial charge >= 0.3 is 11.9 Å². The van der Waals surface area contributed by atoms with E-state index in [9.17, 15) is 9.59 Å². The van der Waals surface area contributed by atoms with Crippen LogP contribution in [0.15, 0.2) is 0 Å². The van der Waals surface area contributed by atoms with E-state index in [-0.39, 0.29) is 6.54 Å². The summed E-state index contributed by atoms with van der Waals surface area (Å²) in [7, 11) is 0. The molecule has 0 saturated carbocycles. The van der Waals surface area contributed by atoms with E-state index in [1.807, 2.05) is 0 Å². The van der Waals surface area contributed by atoms with Gasteiger partial charge in [-0.1, -0.05) is 0 Å². The molecule has 6 heteroatoms. The Morgan fingerprint density at radius 1 is 1.43 bits per heavy atom. The summed E-state index contributed by atoms with van der Waals surface area (Å²) in [6.45, 7) is 3.69. The Morgan fingerprint density at radius 2 is 1.93 bits per heavy atom. The zero-order chi connectivity index (χ0) is 11.4. The van der Waals surface area contributed by atoms with E-state index in [1.54, 1.807) is 13.8 Å². The molecule has 0 fully saturated rings. The zero-order valence-electron chi connectivity index (χ0n) is 8.28. The van der Waals surface area contributed by atoms with Crippen molar-refractivity contribution in [2.75, 3.05) is 6.54 Å². The molecule has 0 amide bonds. The second kappa shape index (κ2) is 4.92. The lowest BCUT2D eigenvalue weighted by molar-refractivity contribution is -0.146. The predicted molar refractivity (Wildman–Crippen MR) is 49.9 cm³/mol. The van der Waals surface area contributed by atoms with Gasteiger partial charge in [-0.15, -0.1) is 0 Å². The van der Waals surface area contributed by atoms with Crippen LogP contribution in [0.5, 0.6) is 0 Å². The first-order chi connectivity index (χ1) is 6.22. The molecule has 0 aromatic heterocycles. The van der Waals surface area contributed by atoms with Crippen LogP contribution in [-0.2, 0) is 9.59 Å². The molecule has 0 rings (SSSR count). The predicted octanol–water partition coefficient (Wildman–Crippen LogP) is -0.759. The Morgan fingerprint density at radius 3 is 2.21 bits per heavy atom. The minimum absolute atomic E-state index is 0.247. The first kappa shape index (κ1) is 12.9. The van der Waals surface area contributed by atoms with Crippen LogP contribution >= 0.6 is 0 Å². The Hall–Kier alpha value is -1.14.